The van der Waals surface area contributed by atoms with Crippen LogP contribution in [0.25, 0.3) is 0 Å². The van der Waals surface area contributed by atoms with E-state index in [1.54, 1.807) is 6.07 Å². The van der Waals surface area contributed by atoms with E-state index in [1.165, 1.54) is 19.2 Å². The Hall–Kier alpha value is -1.23. The number of amides is 1. The Morgan fingerprint density at radius 3 is 2.78 bits per heavy atom. The second-order valence-corrected chi connectivity index (χ2v) is 5.05. The number of carbonyl (C=O) groups is 1. The lowest BCUT2D eigenvalue weighted by Crippen LogP contribution is -2.18. The predicted molar refractivity (Wildman–Crippen MR) is 71.7 cm³/mol. The zero-order valence-corrected chi connectivity index (χ0v) is 11.1. The smallest absolute Gasteiger partial charge is 0.224 e. The Morgan fingerprint density at radius 2 is 2.28 bits per heavy atom. The van der Waals surface area contributed by atoms with E-state index in [2.05, 4.69) is 17.9 Å². The standard InChI is InChI=1S/C13H16FNO2S/c1-17-11-3-2-9(6-10(11)14)15-12(16)7-13(8-18)4-5-13/h2-3,6,18H,4-5,7-8H2,1H3,(H,15,16). The highest BCUT2D eigenvalue weighted by Gasteiger charge is 2.42. The molecule has 0 bridgehead atoms. The molecule has 0 atom stereocenters. The highest BCUT2D eigenvalue weighted by atomic mass is 32.1. The number of hydrogen-bond donors (Lipinski definition) is 2. The molecule has 1 amide bonds. The summed E-state index contributed by atoms with van der Waals surface area (Å²) in [5.41, 5.74) is 0.520. The third kappa shape index (κ3) is 2.96. The third-order valence-electron chi connectivity index (χ3n) is 3.26. The molecular formula is C13H16FNO2S. The van der Waals surface area contributed by atoms with Gasteiger partial charge >= 0.3 is 0 Å². The lowest BCUT2D eigenvalue weighted by Gasteiger charge is -2.12. The fraction of sp³-hybridized carbons (Fsp3) is 0.462. The minimum absolute atomic E-state index is 0.0677. The van der Waals surface area contributed by atoms with Crippen molar-refractivity contribution in [2.75, 3.05) is 18.2 Å². The SMILES string of the molecule is COc1ccc(NC(=O)CC2(CS)CC2)cc1F. The monoisotopic (exact) mass is 269 g/mol. The molecule has 1 aliphatic rings. The van der Waals surface area contributed by atoms with Crippen LogP contribution >= 0.6 is 12.6 Å². The second-order valence-electron chi connectivity index (χ2n) is 4.73. The molecule has 0 radical (unpaired) electrons. The van der Waals surface area contributed by atoms with Crippen LogP contribution in [0, 0.1) is 11.2 Å². The number of ether oxygens (including phenoxy) is 1. The van der Waals surface area contributed by atoms with Crippen molar-refractivity contribution in [3.8, 4) is 5.75 Å². The van der Waals surface area contributed by atoms with Gasteiger partial charge in [-0.2, -0.15) is 12.6 Å². The minimum atomic E-state index is -0.481. The van der Waals surface area contributed by atoms with Crippen molar-refractivity contribution < 1.29 is 13.9 Å². The second kappa shape index (κ2) is 5.18. The fourth-order valence-corrected chi connectivity index (χ4v) is 2.29. The minimum Gasteiger partial charge on any atom is -0.494 e. The van der Waals surface area contributed by atoms with Crippen molar-refractivity contribution in [3.63, 3.8) is 0 Å². The Labute approximate surface area is 111 Å². The van der Waals surface area contributed by atoms with Crippen molar-refractivity contribution in [2.24, 2.45) is 5.41 Å². The molecule has 0 unspecified atom stereocenters. The average Bonchev–Trinajstić information content (AvgIpc) is 3.09. The highest BCUT2D eigenvalue weighted by molar-refractivity contribution is 7.80. The summed E-state index contributed by atoms with van der Waals surface area (Å²) in [7, 11) is 1.40. The maximum Gasteiger partial charge on any atom is 0.224 e. The molecule has 1 aliphatic carbocycles. The van der Waals surface area contributed by atoms with Crippen molar-refractivity contribution in [1.82, 2.24) is 0 Å². The van der Waals surface area contributed by atoms with Crippen molar-refractivity contribution in [2.45, 2.75) is 19.3 Å². The Balaban J connectivity index is 1.97. The highest BCUT2D eigenvalue weighted by Crippen LogP contribution is 2.49. The molecule has 0 heterocycles. The number of halogens is 1. The summed E-state index contributed by atoms with van der Waals surface area (Å²) in [6.07, 6.45) is 2.53. The molecule has 1 saturated carbocycles. The summed E-state index contributed by atoms with van der Waals surface area (Å²) in [5, 5.41) is 2.70. The van der Waals surface area contributed by atoms with Crippen LogP contribution in [-0.2, 0) is 4.79 Å². The lowest BCUT2D eigenvalue weighted by atomic mass is 10.1. The van der Waals surface area contributed by atoms with E-state index in [-0.39, 0.29) is 17.1 Å². The van der Waals surface area contributed by atoms with E-state index in [0.717, 1.165) is 18.6 Å². The molecular weight excluding hydrogens is 253 g/mol. The van der Waals surface area contributed by atoms with Crippen molar-refractivity contribution in [3.05, 3.63) is 24.0 Å². The van der Waals surface area contributed by atoms with E-state index < -0.39 is 5.82 Å². The first-order chi connectivity index (χ1) is 8.58. The van der Waals surface area contributed by atoms with E-state index >= 15 is 0 Å². The third-order valence-corrected chi connectivity index (χ3v) is 3.93. The van der Waals surface area contributed by atoms with Gasteiger partial charge in [0.2, 0.25) is 5.91 Å². The molecule has 0 aromatic heterocycles. The summed E-state index contributed by atoms with van der Waals surface area (Å²) in [6, 6.07) is 4.38. The van der Waals surface area contributed by atoms with Crippen molar-refractivity contribution >= 4 is 24.2 Å². The number of methoxy groups -OCH3 is 1. The van der Waals surface area contributed by atoms with Gasteiger partial charge in [-0.15, -0.1) is 0 Å². The summed E-state index contributed by atoms with van der Waals surface area (Å²) in [4.78, 5) is 11.8. The molecule has 0 spiro atoms. The number of thiol groups is 1. The largest absolute Gasteiger partial charge is 0.494 e. The predicted octanol–water partition coefficient (Wildman–Crippen LogP) is 2.87. The van der Waals surface area contributed by atoms with Crippen LogP contribution in [0.5, 0.6) is 5.75 Å². The van der Waals surface area contributed by atoms with Gasteiger partial charge < -0.3 is 10.1 Å². The molecule has 0 saturated heterocycles. The van der Waals surface area contributed by atoms with Crippen LogP contribution < -0.4 is 10.1 Å². The van der Waals surface area contributed by atoms with Gasteiger partial charge in [0.25, 0.3) is 0 Å². The first kappa shape index (κ1) is 13.2. The number of carbonyl (C=O) groups excluding carboxylic acids is 1. The maximum atomic E-state index is 13.4. The van der Waals surface area contributed by atoms with E-state index in [0.29, 0.717) is 12.1 Å². The lowest BCUT2D eigenvalue weighted by molar-refractivity contribution is -0.117. The van der Waals surface area contributed by atoms with E-state index in [9.17, 15) is 9.18 Å². The van der Waals surface area contributed by atoms with Crippen LogP contribution in [0.15, 0.2) is 18.2 Å². The molecule has 1 aromatic rings. The van der Waals surface area contributed by atoms with Gasteiger partial charge in [-0.05, 0) is 36.1 Å². The summed E-state index contributed by atoms with van der Waals surface area (Å²) < 4.78 is 18.2. The number of benzene rings is 1. The van der Waals surface area contributed by atoms with Gasteiger partial charge in [-0.3, -0.25) is 4.79 Å². The fourth-order valence-electron chi connectivity index (χ4n) is 1.86. The van der Waals surface area contributed by atoms with Gasteiger partial charge in [0.05, 0.1) is 7.11 Å². The number of rotatable bonds is 5. The van der Waals surface area contributed by atoms with Gasteiger partial charge in [-0.25, -0.2) is 4.39 Å². The van der Waals surface area contributed by atoms with Crippen LogP contribution in [-0.4, -0.2) is 18.8 Å². The van der Waals surface area contributed by atoms with E-state index in [1.807, 2.05) is 0 Å². The van der Waals surface area contributed by atoms with Crippen LogP contribution in [0.1, 0.15) is 19.3 Å². The van der Waals surface area contributed by atoms with Crippen LogP contribution in [0.3, 0.4) is 0 Å². The molecule has 18 heavy (non-hydrogen) atoms. The van der Waals surface area contributed by atoms with Gasteiger partial charge in [0.15, 0.2) is 11.6 Å². The van der Waals surface area contributed by atoms with E-state index in [4.69, 9.17) is 4.74 Å². The molecule has 5 heteroatoms. The Kier molecular flexibility index (Phi) is 3.80. The zero-order chi connectivity index (χ0) is 13.2. The first-order valence-electron chi connectivity index (χ1n) is 5.83. The molecule has 1 aromatic carbocycles. The topological polar surface area (TPSA) is 38.3 Å². The molecule has 1 fully saturated rings. The molecule has 1 N–H and O–H groups in total. The first-order valence-corrected chi connectivity index (χ1v) is 6.46. The van der Waals surface area contributed by atoms with Gasteiger partial charge in [0.1, 0.15) is 0 Å². The normalized spacial score (nSPS) is 16.2. The molecule has 0 aliphatic heterocycles. The average molecular weight is 269 g/mol. The van der Waals surface area contributed by atoms with Crippen LogP contribution in [0.4, 0.5) is 10.1 Å². The van der Waals surface area contributed by atoms with Gasteiger partial charge in [-0.1, -0.05) is 0 Å². The van der Waals surface area contributed by atoms with Gasteiger partial charge in [0, 0.05) is 18.2 Å². The van der Waals surface area contributed by atoms with Crippen molar-refractivity contribution in [1.29, 1.82) is 0 Å². The summed E-state index contributed by atoms with van der Waals surface area (Å²) >= 11 is 4.25. The Bertz CT molecular complexity index is 460. The number of hydrogen-bond acceptors (Lipinski definition) is 3. The number of anilines is 1. The molecule has 98 valence electrons. The maximum absolute atomic E-state index is 13.4. The summed E-state index contributed by atoms with van der Waals surface area (Å²) in [6.45, 7) is 0. The molecule has 3 nitrogen and oxygen atoms in total. The van der Waals surface area contributed by atoms with Crippen LogP contribution in [0.2, 0.25) is 0 Å². The zero-order valence-electron chi connectivity index (χ0n) is 10.2. The molecule has 2 rings (SSSR count). The quantitative estimate of drug-likeness (QED) is 0.807. The number of nitrogens with one attached hydrogen (secondary N) is 1. The summed E-state index contributed by atoms with van der Waals surface area (Å²) in [5.74, 6) is 0.316. The Morgan fingerprint density at radius 1 is 1.56 bits per heavy atom.